The highest BCUT2D eigenvalue weighted by Crippen LogP contribution is 2.28. The van der Waals surface area contributed by atoms with Crippen LogP contribution < -0.4 is 10.6 Å². The number of esters is 2. The third-order valence-corrected chi connectivity index (χ3v) is 3.89. The lowest BCUT2D eigenvalue weighted by Crippen LogP contribution is -2.26. The lowest BCUT2D eigenvalue weighted by atomic mass is 10.1. The molecular weight excluding hydrogens is 340 g/mol. The number of methoxy groups -OCH3 is 2. The molecule has 1 aliphatic carbocycles. The summed E-state index contributed by atoms with van der Waals surface area (Å²) >= 11 is 0. The van der Waals surface area contributed by atoms with E-state index in [-0.39, 0.29) is 35.3 Å². The van der Waals surface area contributed by atoms with Gasteiger partial charge in [0.1, 0.15) is 0 Å². The van der Waals surface area contributed by atoms with E-state index in [9.17, 15) is 19.2 Å². The van der Waals surface area contributed by atoms with Gasteiger partial charge in [-0.2, -0.15) is 0 Å². The Morgan fingerprint density at radius 3 is 2.08 bits per heavy atom. The van der Waals surface area contributed by atoms with Crippen molar-refractivity contribution in [3.8, 4) is 0 Å². The van der Waals surface area contributed by atoms with Gasteiger partial charge in [0.25, 0.3) is 0 Å². The predicted octanol–water partition coefficient (Wildman–Crippen LogP) is 1.50. The number of hydrogen-bond acceptors (Lipinski definition) is 6. The normalized spacial score (nSPS) is 12.8. The van der Waals surface area contributed by atoms with Crippen LogP contribution in [0, 0.1) is 5.92 Å². The van der Waals surface area contributed by atoms with Crippen LogP contribution in [0.25, 0.3) is 0 Å². The van der Waals surface area contributed by atoms with Gasteiger partial charge in [-0.15, -0.1) is 0 Å². The molecule has 0 bridgehead atoms. The van der Waals surface area contributed by atoms with Crippen LogP contribution in [0.1, 0.15) is 46.4 Å². The SMILES string of the molecule is COC(=O)c1cc(NC(=O)CCCNC(=O)C2CC2)cc(C(=O)OC)c1. The molecule has 1 saturated carbocycles. The van der Waals surface area contributed by atoms with Crippen molar-refractivity contribution >= 4 is 29.4 Å². The number of nitrogens with one attached hydrogen (secondary N) is 2. The highest BCUT2D eigenvalue weighted by molar-refractivity contribution is 5.99. The zero-order valence-corrected chi connectivity index (χ0v) is 14.8. The highest BCUT2D eigenvalue weighted by Gasteiger charge is 2.29. The van der Waals surface area contributed by atoms with Gasteiger partial charge in [-0.05, 0) is 37.5 Å². The van der Waals surface area contributed by atoms with E-state index >= 15 is 0 Å². The number of carbonyl (C=O) groups excluding carboxylic acids is 4. The number of hydrogen-bond donors (Lipinski definition) is 2. The van der Waals surface area contributed by atoms with E-state index in [1.54, 1.807) is 0 Å². The minimum Gasteiger partial charge on any atom is -0.465 e. The van der Waals surface area contributed by atoms with Gasteiger partial charge in [-0.3, -0.25) is 9.59 Å². The molecule has 8 nitrogen and oxygen atoms in total. The van der Waals surface area contributed by atoms with Crippen molar-refractivity contribution in [3.05, 3.63) is 29.3 Å². The zero-order valence-electron chi connectivity index (χ0n) is 14.8. The Bertz CT molecular complexity index is 677. The summed E-state index contributed by atoms with van der Waals surface area (Å²) in [6.45, 7) is 0.429. The Hall–Kier alpha value is -2.90. The molecule has 0 unspecified atom stereocenters. The molecule has 1 aromatic rings. The first-order valence-corrected chi connectivity index (χ1v) is 8.34. The van der Waals surface area contributed by atoms with Crippen LogP contribution in [0.3, 0.4) is 0 Å². The van der Waals surface area contributed by atoms with Gasteiger partial charge < -0.3 is 20.1 Å². The fraction of sp³-hybridized carbons (Fsp3) is 0.444. The molecule has 0 radical (unpaired) electrons. The molecule has 1 aromatic carbocycles. The average Bonchev–Trinajstić information content (AvgIpc) is 3.48. The Morgan fingerprint density at radius 2 is 1.58 bits per heavy atom. The van der Waals surface area contributed by atoms with Crippen LogP contribution in [-0.2, 0) is 19.1 Å². The second-order valence-electron chi connectivity index (χ2n) is 6.00. The molecule has 1 aliphatic rings. The van der Waals surface area contributed by atoms with Crippen molar-refractivity contribution in [3.63, 3.8) is 0 Å². The average molecular weight is 362 g/mol. The van der Waals surface area contributed by atoms with E-state index in [0.717, 1.165) is 12.8 Å². The summed E-state index contributed by atoms with van der Waals surface area (Å²) < 4.78 is 9.29. The van der Waals surface area contributed by atoms with E-state index < -0.39 is 11.9 Å². The summed E-state index contributed by atoms with van der Waals surface area (Å²) in [7, 11) is 2.45. The number of benzene rings is 1. The van der Waals surface area contributed by atoms with Crippen molar-refractivity contribution in [2.75, 3.05) is 26.1 Å². The summed E-state index contributed by atoms with van der Waals surface area (Å²) in [5.41, 5.74) is 0.546. The molecule has 0 atom stereocenters. The molecule has 0 saturated heterocycles. The molecule has 0 spiro atoms. The van der Waals surface area contributed by atoms with Crippen LogP contribution >= 0.6 is 0 Å². The van der Waals surface area contributed by atoms with Gasteiger partial charge >= 0.3 is 11.9 Å². The number of amides is 2. The van der Waals surface area contributed by atoms with E-state index in [0.29, 0.717) is 18.7 Å². The lowest BCUT2D eigenvalue weighted by Gasteiger charge is -2.10. The number of rotatable bonds is 8. The summed E-state index contributed by atoms with van der Waals surface area (Å²) in [5, 5.41) is 5.42. The van der Waals surface area contributed by atoms with E-state index in [1.165, 1.54) is 32.4 Å². The Morgan fingerprint density at radius 1 is 1.00 bits per heavy atom. The second-order valence-corrected chi connectivity index (χ2v) is 6.00. The first kappa shape index (κ1) is 19.4. The quantitative estimate of drug-likeness (QED) is 0.536. The molecule has 2 N–H and O–H groups in total. The fourth-order valence-electron chi connectivity index (χ4n) is 2.35. The summed E-state index contributed by atoms with van der Waals surface area (Å²) in [6.07, 6.45) is 2.56. The topological polar surface area (TPSA) is 111 Å². The fourth-order valence-corrected chi connectivity index (χ4v) is 2.35. The van der Waals surface area contributed by atoms with Crippen LogP contribution in [0.5, 0.6) is 0 Å². The maximum Gasteiger partial charge on any atom is 0.337 e. The smallest absolute Gasteiger partial charge is 0.337 e. The standard InChI is InChI=1S/C18H22N2O6/c1-25-17(23)12-8-13(18(24)26-2)10-14(9-12)20-15(21)4-3-7-19-16(22)11-5-6-11/h8-11H,3-7H2,1-2H3,(H,19,22)(H,20,21). The number of carbonyl (C=O) groups is 4. The summed E-state index contributed by atoms with van der Waals surface area (Å²) in [5.74, 6) is -1.37. The highest BCUT2D eigenvalue weighted by atomic mass is 16.5. The van der Waals surface area contributed by atoms with Crippen molar-refractivity contribution < 1.29 is 28.7 Å². The van der Waals surface area contributed by atoms with Crippen LogP contribution in [0.15, 0.2) is 18.2 Å². The van der Waals surface area contributed by atoms with Crippen molar-refractivity contribution in [1.29, 1.82) is 0 Å². The molecule has 0 heterocycles. The molecule has 8 heteroatoms. The monoisotopic (exact) mass is 362 g/mol. The van der Waals surface area contributed by atoms with Gasteiger partial charge in [0.05, 0.1) is 25.3 Å². The van der Waals surface area contributed by atoms with Crippen molar-refractivity contribution in [2.45, 2.75) is 25.7 Å². The van der Waals surface area contributed by atoms with Gasteiger partial charge in [-0.1, -0.05) is 0 Å². The lowest BCUT2D eigenvalue weighted by molar-refractivity contribution is -0.122. The Balaban J connectivity index is 1.93. The van der Waals surface area contributed by atoms with Crippen molar-refractivity contribution in [2.24, 2.45) is 5.92 Å². The number of ether oxygens (including phenoxy) is 2. The minimum absolute atomic E-state index is 0.0407. The van der Waals surface area contributed by atoms with Crippen molar-refractivity contribution in [1.82, 2.24) is 5.32 Å². The predicted molar refractivity (Wildman–Crippen MR) is 92.7 cm³/mol. The van der Waals surface area contributed by atoms with E-state index in [1.807, 2.05) is 0 Å². The maximum absolute atomic E-state index is 12.0. The van der Waals surface area contributed by atoms with Gasteiger partial charge in [0.15, 0.2) is 0 Å². The molecule has 0 aliphatic heterocycles. The molecule has 0 aromatic heterocycles. The largest absolute Gasteiger partial charge is 0.465 e. The van der Waals surface area contributed by atoms with Gasteiger partial charge in [0.2, 0.25) is 11.8 Å². The Labute approximate surface area is 151 Å². The zero-order chi connectivity index (χ0) is 19.1. The maximum atomic E-state index is 12.0. The van der Waals surface area contributed by atoms with Crippen LogP contribution in [0.2, 0.25) is 0 Å². The van der Waals surface area contributed by atoms with Gasteiger partial charge in [-0.25, -0.2) is 9.59 Å². The van der Waals surface area contributed by atoms with Crippen LogP contribution in [0.4, 0.5) is 5.69 Å². The summed E-state index contributed by atoms with van der Waals surface area (Å²) in [4.78, 5) is 47.0. The third kappa shape index (κ3) is 5.58. The Kier molecular flexibility index (Phi) is 6.71. The molecule has 1 fully saturated rings. The van der Waals surface area contributed by atoms with E-state index in [2.05, 4.69) is 20.1 Å². The van der Waals surface area contributed by atoms with E-state index in [4.69, 9.17) is 0 Å². The van der Waals surface area contributed by atoms with Gasteiger partial charge in [0, 0.05) is 24.6 Å². The third-order valence-electron chi connectivity index (χ3n) is 3.89. The molecule has 2 rings (SSSR count). The number of anilines is 1. The molecule has 2 amide bonds. The first-order valence-electron chi connectivity index (χ1n) is 8.34. The minimum atomic E-state index is -0.631. The summed E-state index contributed by atoms with van der Waals surface area (Å²) in [6, 6.07) is 4.18. The first-order chi connectivity index (χ1) is 12.4. The van der Waals surface area contributed by atoms with Crippen LogP contribution in [-0.4, -0.2) is 44.5 Å². The second kappa shape index (κ2) is 8.98. The molecular formula is C18H22N2O6. The molecule has 26 heavy (non-hydrogen) atoms. The molecule has 140 valence electrons.